The van der Waals surface area contributed by atoms with Crippen molar-refractivity contribution >= 4 is 11.8 Å². The van der Waals surface area contributed by atoms with Crippen LogP contribution in [0, 0.1) is 34.5 Å². The van der Waals surface area contributed by atoms with Gasteiger partial charge in [-0.25, -0.2) is 0 Å². The average molecular weight is 389 g/mol. The Bertz CT molecular complexity index is 770. The molecule has 6 nitrogen and oxygen atoms in total. The molecule has 0 radical (unpaired) electrons. The fraction of sp³-hybridized carbons (Fsp3) is 0.909. The summed E-state index contributed by atoms with van der Waals surface area (Å²) in [6.45, 7) is 6.18. The highest BCUT2D eigenvalue weighted by Crippen LogP contribution is 2.75. The number of aliphatic hydroxyl groups is 1. The molecule has 0 aromatic carbocycles. The third-order valence-corrected chi connectivity index (χ3v) is 9.84. The van der Waals surface area contributed by atoms with Crippen molar-refractivity contribution in [2.75, 3.05) is 20.2 Å². The molecule has 28 heavy (non-hydrogen) atoms. The van der Waals surface area contributed by atoms with Crippen LogP contribution in [0.25, 0.3) is 0 Å². The average Bonchev–Trinajstić information content (AvgIpc) is 2.73. The lowest BCUT2D eigenvalue weighted by Crippen LogP contribution is -2.76. The van der Waals surface area contributed by atoms with Crippen molar-refractivity contribution in [2.24, 2.45) is 34.5 Å². The molecule has 1 spiro atoms. The van der Waals surface area contributed by atoms with Crippen molar-refractivity contribution in [3.8, 4) is 0 Å². The number of Topliss-reactive ketones (excluding diaryl/α,β-unsaturated/α-hetero) is 1. The Morgan fingerprint density at radius 1 is 1.25 bits per heavy atom. The van der Waals surface area contributed by atoms with E-state index in [0.29, 0.717) is 12.8 Å². The Balaban J connectivity index is 1.67. The molecule has 7 rings (SSSR count). The Labute approximate surface area is 165 Å². The third kappa shape index (κ3) is 1.63. The molecule has 3 saturated heterocycles. The fourth-order valence-corrected chi connectivity index (χ4v) is 9.29. The van der Waals surface area contributed by atoms with Gasteiger partial charge in [0.1, 0.15) is 11.9 Å². The number of esters is 1. The summed E-state index contributed by atoms with van der Waals surface area (Å²) in [6.07, 6.45) is 3.63. The van der Waals surface area contributed by atoms with Gasteiger partial charge in [0.2, 0.25) is 0 Å². The lowest BCUT2D eigenvalue weighted by atomic mass is 9.42. The van der Waals surface area contributed by atoms with Crippen molar-refractivity contribution in [2.45, 2.75) is 69.8 Å². The molecule has 4 unspecified atom stereocenters. The zero-order valence-electron chi connectivity index (χ0n) is 17.0. The topological polar surface area (TPSA) is 76.1 Å². The maximum atomic E-state index is 14.1. The summed E-state index contributed by atoms with van der Waals surface area (Å²) in [5, 5.41) is 12.0. The number of carbonyl (C=O) groups excluding carboxylic acids is 2. The minimum Gasteiger partial charge on any atom is -0.462 e. The van der Waals surface area contributed by atoms with E-state index in [1.807, 2.05) is 0 Å². The summed E-state index contributed by atoms with van der Waals surface area (Å²) in [7, 11) is 1.76. The normalized spacial score (nSPS) is 59.2. The SMILES string of the molecule is CCN1CC2(C)CCC(OC)C34C1[C@H](C(=O)[C@@H]23)[C@]1(O)CC[C@@H]2C[C@H]4[C@H]1C(=O)O2. The largest absolute Gasteiger partial charge is 0.462 e. The number of hydrogen-bond acceptors (Lipinski definition) is 6. The van der Waals surface area contributed by atoms with Gasteiger partial charge >= 0.3 is 5.97 Å². The molecule has 3 aliphatic heterocycles. The Morgan fingerprint density at radius 2 is 2.04 bits per heavy atom. The van der Waals surface area contributed by atoms with Crippen LogP contribution < -0.4 is 0 Å². The summed E-state index contributed by atoms with van der Waals surface area (Å²) in [5.41, 5.74) is -1.76. The van der Waals surface area contributed by atoms with E-state index in [0.717, 1.165) is 32.4 Å². The third-order valence-electron chi connectivity index (χ3n) is 9.84. The van der Waals surface area contributed by atoms with E-state index >= 15 is 0 Å². The van der Waals surface area contributed by atoms with Gasteiger partial charge in [-0.3, -0.25) is 14.5 Å². The first-order valence-corrected chi connectivity index (χ1v) is 11.1. The summed E-state index contributed by atoms with van der Waals surface area (Å²) >= 11 is 0. The Kier molecular flexibility index (Phi) is 3.31. The highest BCUT2D eigenvalue weighted by Gasteiger charge is 2.84. The second-order valence-electron chi connectivity index (χ2n) is 10.6. The molecular formula is C22H31NO5. The van der Waals surface area contributed by atoms with E-state index in [2.05, 4.69) is 18.7 Å². The van der Waals surface area contributed by atoms with Crippen molar-refractivity contribution in [3.05, 3.63) is 0 Å². The number of ketones is 1. The highest BCUT2D eigenvalue weighted by atomic mass is 16.5. The van der Waals surface area contributed by atoms with Crippen molar-refractivity contribution in [3.63, 3.8) is 0 Å². The van der Waals surface area contributed by atoms with E-state index < -0.39 is 17.4 Å². The van der Waals surface area contributed by atoms with E-state index in [9.17, 15) is 14.7 Å². The number of likely N-dealkylation sites (tertiary alicyclic amines) is 1. The van der Waals surface area contributed by atoms with Gasteiger partial charge in [0.05, 0.1) is 23.5 Å². The van der Waals surface area contributed by atoms with Crippen LogP contribution in [0.2, 0.25) is 0 Å². The second-order valence-corrected chi connectivity index (χ2v) is 10.6. The van der Waals surface area contributed by atoms with Crippen LogP contribution in [0.1, 0.15) is 46.0 Å². The second kappa shape index (κ2) is 5.19. The number of methoxy groups -OCH3 is 1. The Hall–Kier alpha value is -0.980. The molecule has 1 N–H and O–H groups in total. The van der Waals surface area contributed by atoms with E-state index in [1.165, 1.54) is 0 Å². The maximum Gasteiger partial charge on any atom is 0.312 e. The van der Waals surface area contributed by atoms with Crippen molar-refractivity contribution in [1.29, 1.82) is 0 Å². The van der Waals surface area contributed by atoms with Gasteiger partial charge in [-0.2, -0.15) is 0 Å². The summed E-state index contributed by atoms with van der Waals surface area (Å²) in [6, 6.07) is -0.0239. The minimum atomic E-state index is -1.27. The quantitative estimate of drug-likeness (QED) is 0.720. The van der Waals surface area contributed by atoms with Crippen LogP contribution in [0.15, 0.2) is 0 Å². The molecule has 0 amide bonds. The van der Waals surface area contributed by atoms with Gasteiger partial charge < -0.3 is 14.6 Å². The molecule has 9 bridgehead atoms. The van der Waals surface area contributed by atoms with E-state index in [4.69, 9.17) is 9.47 Å². The van der Waals surface area contributed by atoms with Gasteiger partial charge in [-0.05, 0) is 50.0 Å². The zero-order valence-corrected chi connectivity index (χ0v) is 17.0. The molecule has 4 aliphatic carbocycles. The smallest absolute Gasteiger partial charge is 0.312 e. The number of ether oxygens (including phenoxy) is 2. The summed E-state index contributed by atoms with van der Waals surface area (Å²) in [4.78, 5) is 29.6. The molecule has 4 saturated carbocycles. The van der Waals surface area contributed by atoms with Gasteiger partial charge in [0, 0.05) is 31.0 Å². The van der Waals surface area contributed by atoms with Gasteiger partial charge in [-0.1, -0.05) is 13.8 Å². The molecule has 10 atom stereocenters. The molecule has 0 aromatic rings. The van der Waals surface area contributed by atoms with Gasteiger partial charge in [0.15, 0.2) is 0 Å². The number of hydrogen-bond donors (Lipinski definition) is 1. The van der Waals surface area contributed by atoms with Crippen LogP contribution in [0.4, 0.5) is 0 Å². The number of nitrogens with zero attached hydrogens (tertiary/aromatic N) is 1. The fourth-order valence-electron chi connectivity index (χ4n) is 9.29. The number of piperidine rings is 1. The zero-order chi connectivity index (χ0) is 19.6. The molecule has 154 valence electrons. The number of carbonyl (C=O) groups is 2. The highest BCUT2D eigenvalue weighted by molar-refractivity contribution is 5.94. The first kappa shape index (κ1) is 17.8. The molecule has 3 heterocycles. The van der Waals surface area contributed by atoms with Crippen LogP contribution in [0.3, 0.4) is 0 Å². The maximum absolute atomic E-state index is 14.1. The predicted molar refractivity (Wildman–Crippen MR) is 99.3 cm³/mol. The van der Waals surface area contributed by atoms with Crippen LogP contribution >= 0.6 is 0 Å². The predicted octanol–water partition coefficient (Wildman–Crippen LogP) is 1.39. The van der Waals surface area contributed by atoms with E-state index in [-0.39, 0.29) is 52.7 Å². The standard InChI is InChI=1S/C22H31NO5/c1-4-23-10-20(2)7-6-13(27-3)22-12-9-11-5-8-21(26,14(12)19(25)28-11)15(18(22)23)16(24)17(20)22/h11-15,17-18,26H,4-10H2,1-3H3/t11-,12+,13?,14+,15+,17+,18?,20?,21+,22?/m1/s1. The summed E-state index contributed by atoms with van der Waals surface area (Å²) < 4.78 is 11.8. The molecule has 7 aliphatic rings. The van der Waals surface area contributed by atoms with Crippen molar-refractivity contribution < 1.29 is 24.2 Å². The van der Waals surface area contributed by atoms with Gasteiger partial charge in [-0.15, -0.1) is 0 Å². The Morgan fingerprint density at radius 3 is 2.75 bits per heavy atom. The number of rotatable bonds is 2. The first-order valence-electron chi connectivity index (χ1n) is 11.1. The van der Waals surface area contributed by atoms with Crippen LogP contribution in [-0.2, 0) is 19.1 Å². The molecule has 0 aromatic heterocycles. The van der Waals surface area contributed by atoms with Crippen LogP contribution in [-0.4, -0.2) is 65.8 Å². The van der Waals surface area contributed by atoms with Gasteiger partial charge in [0.25, 0.3) is 0 Å². The number of fused-ring (bicyclic) bond motifs is 2. The van der Waals surface area contributed by atoms with Crippen molar-refractivity contribution in [1.82, 2.24) is 4.90 Å². The minimum absolute atomic E-state index is 0.0239. The first-order chi connectivity index (χ1) is 13.3. The van der Waals surface area contributed by atoms with Crippen LogP contribution in [0.5, 0.6) is 0 Å². The molecule has 6 heteroatoms. The molecular weight excluding hydrogens is 358 g/mol. The lowest BCUT2D eigenvalue weighted by Gasteiger charge is -2.68. The monoisotopic (exact) mass is 389 g/mol. The molecule has 7 fully saturated rings. The lowest BCUT2D eigenvalue weighted by molar-refractivity contribution is -0.268. The summed E-state index contributed by atoms with van der Waals surface area (Å²) in [5.74, 6) is -1.32. The van der Waals surface area contributed by atoms with E-state index in [1.54, 1.807) is 7.11 Å².